The van der Waals surface area contributed by atoms with E-state index in [0.717, 1.165) is 61.7 Å². The van der Waals surface area contributed by atoms with E-state index < -0.39 is 0 Å². The first-order valence-electron chi connectivity index (χ1n) is 10.0. The third-order valence-corrected chi connectivity index (χ3v) is 5.09. The quantitative estimate of drug-likeness (QED) is 0.642. The molecule has 1 aliphatic rings. The molecule has 0 amide bonds. The molecule has 0 radical (unpaired) electrons. The Bertz CT molecular complexity index is 991. The second kappa shape index (κ2) is 8.84. The van der Waals surface area contributed by atoms with Gasteiger partial charge in [-0.15, -0.1) is 0 Å². The minimum Gasteiger partial charge on any atom is -0.465 e. The van der Waals surface area contributed by atoms with E-state index in [1.165, 1.54) is 0 Å². The molecule has 1 N–H and O–H groups in total. The van der Waals surface area contributed by atoms with E-state index >= 15 is 0 Å². The lowest BCUT2D eigenvalue weighted by molar-refractivity contribution is 0.222. The number of likely N-dealkylation sites (tertiary alicyclic amines) is 1. The van der Waals surface area contributed by atoms with Gasteiger partial charge < -0.3 is 9.73 Å². The summed E-state index contributed by atoms with van der Waals surface area (Å²) < 4.78 is 5.98. The molecule has 7 heteroatoms. The van der Waals surface area contributed by atoms with Crippen molar-refractivity contribution in [2.45, 2.75) is 45.2 Å². The van der Waals surface area contributed by atoms with Gasteiger partial charge >= 0.3 is 0 Å². The van der Waals surface area contributed by atoms with Crippen LogP contribution in [0.4, 0.5) is 11.6 Å². The maximum absolute atomic E-state index is 8.87. The topological polar surface area (TPSA) is 90.9 Å². The summed E-state index contributed by atoms with van der Waals surface area (Å²) in [4.78, 5) is 15.6. The molecule has 0 bridgehead atoms. The molecule has 0 unspecified atom stereocenters. The third-order valence-electron chi connectivity index (χ3n) is 5.09. The van der Waals surface area contributed by atoms with Gasteiger partial charge in [-0.05, 0) is 56.1 Å². The molecule has 7 nitrogen and oxygen atoms in total. The van der Waals surface area contributed by atoms with Crippen LogP contribution in [0.15, 0.2) is 47.1 Å². The predicted molar refractivity (Wildman–Crippen MR) is 109 cm³/mol. The van der Waals surface area contributed by atoms with E-state index in [1.54, 1.807) is 24.5 Å². The number of aromatic nitrogens is 3. The summed E-state index contributed by atoms with van der Waals surface area (Å²) in [5, 5.41) is 12.0. The van der Waals surface area contributed by atoms with Gasteiger partial charge in [-0.1, -0.05) is 6.92 Å². The Morgan fingerprint density at radius 1 is 1.21 bits per heavy atom. The van der Waals surface area contributed by atoms with E-state index in [4.69, 9.17) is 14.7 Å². The van der Waals surface area contributed by atoms with Gasteiger partial charge in [-0.25, -0.2) is 15.0 Å². The van der Waals surface area contributed by atoms with Crippen molar-refractivity contribution in [1.29, 1.82) is 5.26 Å². The standard InChI is InChI=1S/C22H24N6O/c1-2-4-18-8-9-19(29-18)15-28-12-3-5-21(28)20-10-11-24-22(27-20)26-17-7-6-16(13-23)25-14-17/h6-11,14,21H,2-5,12,15H2,1H3,(H,24,26,27)/t21-/m0/s1. The van der Waals surface area contributed by atoms with Crippen LogP contribution >= 0.6 is 0 Å². The van der Waals surface area contributed by atoms with Crippen LogP contribution in [0.25, 0.3) is 0 Å². The molecule has 1 atom stereocenters. The summed E-state index contributed by atoms with van der Waals surface area (Å²) in [6, 6.07) is 11.9. The Hall–Kier alpha value is -3.24. The summed E-state index contributed by atoms with van der Waals surface area (Å²) in [5.74, 6) is 2.60. The van der Waals surface area contributed by atoms with Crippen molar-refractivity contribution in [3.8, 4) is 6.07 Å². The number of anilines is 2. The van der Waals surface area contributed by atoms with Crippen molar-refractivity contribution >= 4 is 11.6 Å². The van der Waals surface area contributed by atoms with Crippen molar-refractivity contribution in [2.24, 2.45) is 0 Å². The fourth-order valence-corrected chi connectivity index (χ4v) is 3.72. The van der Waals surface area contributed by atoms with Crippen molar-refractivity contribution < 1.29 is 4.42 Å². The molecular weight excluding hydrogens is 364 g/mol. The predicted octanol–water partition coefficient (Wildman–Crippen LogP) is 4.37. The lowest BCUT2D eigenvalue weighted by Gasteiger charge is -2.23. The number of hydrogen-bond donors (Lipinski definition) is 1. The van der Waals surface area contributed by atoms with Gasteiger partial charge in [-0.2, -0.15) is 5.26 Å². The summed E-state index contributed by atoms with van der Waals surface area (Å²) in [6.07, 6.45) is 7.67. The second-order valence-corrected chi connectivity index (χ2v) is 7.22. The van der Waals surface area contributed by atoms with Gasteiger partial charge in [0.15, 0.2) is 0 Å². The highest BCUT2D eigenvalue weighted by Crippen LogP contribution is 2.32. The van der Waals surface area contributed by atoms with Gasteiger partial charge in [0.05, 0.1) is 30.2 Å². The minimum atomic E-state index is 0.248. The summed E-state index contributed by atoms with van der Waals surface area (Å²) in [7, 11) is 0. The van der Waals surface area contributed by atoms with Crippen LogP contribution < -0.4 is 5.32 Å². The largest absolute Gasteiger partial charge is 0.465 e. The molecule has 1 aliphatic heterocycles. The van der Waals surface area contributed by atoms with E-state index in [1.807, 2.05) is 12.1 Å². The Kier molecular flexibility index (Phi) is 5.82. The highest BCUT2D eigenvalue weighted by Gasteiger charge is 2.28. The van der Waals surface area contributed by atoms with Crippen molar-refractivity contribution in [3.63, 3.8) is 0 Å². The summed E-state index contributed by atoms with van der Waals surface area (Å²) in [5.41, 5.74) is 2.14. The monoisotopic (exact) mass is 388 g/mol. The zero-order valence-electron chi connectivity index (χ0n) is 16.5. The number of pyridine rings is 1. The number of hydrogen-bond acceptors (Lipinski definition) is 7. The third kappa shape index (κ3) is 4.61. The second-order valence-electron chi connectivity index (χ2n) is 7.22. The van der Waals surface area contributed by atoms with Crippen molar-refractivity contribution in [1.82, 2.24) is 19.9 Å². The van der Waals surface area contributed by atoms with Crippen LogP contribution in [0.1, 0.15) is 55.1 Å². The van der Waals surface area contributed by atoms with Crippen LogP contribution in [0, 0.1) is 11.3 Å². The lowest BCUT2D eigenvalue weighted by Crippen LogP contribution is -2.23. The fourth-order valence-electron chi connectivity index (χ4n) is 3.72. The first kappa shape index (κ1) is 19.1. The SMILES string of the molecule is CCCc1ccc(CN2CCC[C@H]2c2ccnc(Nc3ccc(C#N)nc3)n2)o1. The van der Waals surface area contributed by atoms with Crippen molar-refractivity contribution in [2.75, 3.05) is 11.9 Å². The maximum atomic E-state index is 8.87. The van der Waals surface area contributed by atoms with Gasteiger partial charge in [-0.3, -0.25) is 4.90 Å². The molecule has 3 aromatic rings. The molecule has 1 fully saturated rings. The van der Waals surface area contributed by atoms with Crippen LogP contribution in [0.5, 0.6) is 0 Å². The first-order chi connectivity index (χ1) is 14.2. The smallest absolute Gasteiger partial charge is 0.227 e. The van der Waals surface area contributed by atoms with Gasteiger partial charge in [0, 0.05) is 12.6 Å². The molecular formula is C22H24N6O. The van der Waals surface area contributed by atoms with E-state index in [9.17, 15) is 0 Å². The number of nitrogens with zero attached hydrogens (tertiary/aromatic N) is 5. The average Bonchev–Trinajstić information content (AvgIpc) is 3.39. The first-order valence-corrected chi connectivity index (χ1v) is 10.0. The normalized spacial score (nSPS) is 16.6. The van der Waals surface area contributed by atoms with Gasteiger partial charge in [0.25, 0.3) is 0 Å². The maximum Gasteiger partial charge on any atom is 0.227 e. The van der Waals surface area contributed by atoms with Crippen LogP contribution in [0.2, 0.25) is 0 Å². The Labute approximate surface area is 170 Å². The lowest BCUT2D eigenvalue weighted by atomic mass is 10.1. The molecule has 0 saturated carbocycles. The molecule has 1 saturated heterocycles. The molecule has 0 aliphatic carbocycles. The number of nitriles is 1. The molecule has 0 aromatic carbocycles. The molecule has 0 spiro atoms. The Morgan fingerprint density at radius 3 is 2.90 bits per heavy atom. The fraction of sp³-hybridized carbons (Fsp3) is 0.364. The average molecular weight is 388 g/mol. The van der Waals surface area contributed by atoms with Gasteiger partial charge in [0.1, 0.15) is 23.3 Å². The van der Waals surface area contributed by atoms with Gasteiger partial charge in [0.2, 0.25) is 5.95 Å². The molecule has 4 heterocycles. The summed E-state index contributed by atoms with van der Waals surface area (Å²) in [6.45, 7) is 3.98. The highest BCUT2D eigenvalue weighted by molar-refractivity contribution is 5.52. The Balaban J connectivity index is 1.46. The number of aryl methyl sites for hydroxylation is 1. The molecule has 29 heavy (non-hydrogen) atoms. The zero-order chi connectivity index (χ0) is 20.1. The molecule has 148 valence electrons. The number of nitrogens with one attached hydrogen (secondary N) is 1. The minimum absolute atomic E-state index is 0.248. The highest BCUT2D eigenvalue weighted by atomic mass is 16.3. The van der Waals surface area contributed by atoms with Crippen molar-refractivity contribution in [3.05, 3.63) is 65.6 Å². The van der Waals surface area contributed by atoms with E-state index in [2.05, 4.69) is 39.2 Å². The molecule has 4 rings (SSSR count). The van der Waals surface area contributed by atoms with E-state index in [-0.39, 0.29) is 6.04 Å². The van der Waals surface area contributed by atoms with Crippen LogP contribution in [0.3, 0.4) is 0 Å². The Morgan fingerprint density at radius 2 is 2.10 bits per heavy atom. The summed E-state index contributed by atoms with van der Waals surface area (Å²) >= 11 is 0. The zero-order valence-corrected chi connectivity index (χ0v) is 16.5. The number of furan rings is 1. The van der Waals surface area contributed by atoms with E-state index in [0.29, 0.717) is 11.6 Å². The van der Waals surface area contributed by atoms with Crippen LogP contribution in [-0.2, 0) is 13.0 Å². The van der Waals surface area contributed by atoms with Crippen LogP contribution in [-0.4, -0.2) is 26.4 Å². The molecule has 3 aromatic heterocycles. The number of rotatable bonds is 7.